The Morgan fingerprint density at radius 3 is 1.25 bits per heavy atom. The summed E-state index contributed by atoms with van der Waals surface area (Å²) in [5, 5.41) is 43.6. The molecular formula is C42H83NO5. The van der Waals surface area contributed by atoms with Crippen LogP contribution in [0.2, 0.25) is 0 Å². The van der Waals surface area contributed by atoms with Crippen LogP contribution >= 0.6 is 0 Å². The maximum Gasteiger partial charge on any atom is 0.249 e. The summed E-state index contributed by atoms with van der Waals surface area (Å²) in [6.45, 7) is 4.02. The van der Waals surface area contributed by atoms with E-state index >= 15 is 0 Å². The minimum atomic E-state index is -1.25. The smallest absolute Gasteiger partial charge is 0.249 e. The number of hydrogen-bond donors (Lipinski definition) is 5. The van der Waals surface area contributed by atoms with E-state index in [1.807, 2.05) is 0 Å². The molecule has 0 radical (unpaired) electrons. The number of rotatable bonds is 38. The molecule has 0 aromatic rings. The molecule has 0 rings (SSSR count). The minimum Gasteiger partial charge on any atom is -0.394 e. The van der Waals surface area contributed by atoms with Gasteiger partial charge in [-0.1, -0.05) is 193 Å². The average molecular weight is 682 g/mol. The van der Waals surface area contributed by atoms with Gasteiger partial charge in [0.15, 0.2) is 0 Å². The lowest BCUT2D eigenvalue weighted by Crippen LogP contribution is -2.53. The van der Waals surface area contributed by atoms with Gasteiger partial charge < -0.3 is 25.7 Å². The molecule has 5 N–H and O–H groups in total. The van der Waals surface area contributed by atoms with Crippen LogP contribution in [0.3, 0.4) is 0 Å². The molecule has 0 aliphatic heterocycles. The summed E-state index contributed by atoms with van der Waals surface area (Å²) in [4.78, 5) is 12.5. The monoisotopic (exact) mass is 682 g/mol. The number of carbonyl (C=O) groups is 1. The molecular weight excluding hydrogens is 598 g/mol. The summed E-state index contributed by atoms with van der Waals surface area (Å²) in [5.41, 5.74) is 0. The van der Waals surface area contributed by atoms with Crippen LogP contribution in [0, 0.1) is 0 Å². The molecule has 1 amide bonds. The summed E-state index contributed by atoms with van der Waals surface area (Å²) >= 11 is 0. The second-order valence-electron chi connectivity index (χ2n) is 14.7. The van der Waals surface area contributed by atoms with Crippen LogP contribution in [0.4, 0.5) is 0 Å². The molecule has 6 heteroatoms. The molecule has 48 heavy (non-hydrogen) atoms. The fourth-order valence-corrected chi connectivity index (χ4v) is 6.57. The Labute approximate surface area is 298 Å². The lowest BCUT2D eigenvalue weighted by atomic mass is 9.99. The topological polar surface area (TPSA) is 110 Å². The van der Waals surface area contributed by atoms with Gasteiger partial charge in [-0.05, 0) is 38.5 Å². The zero-order valence-electron chi connectivity index (χ0n) is 32.0. The Morgan fingerprint density at radius 1 is 0.500 bits per heavy atom. The van der Waals surface area contributed by atoms with Crippen molar-refractivity contribution in [3.05, 3.63) is 12.2 Å². The van der Waals surface area contributed by atoms with E-state index in [1.54, 1.807) is 0 Å². The van der Waals surface area contributed by atoms with Crippen LogP contribution < -0.4 is 5.32 Å². The van der Waals surface area contributed by atoms with Crippen molar-refractivity contribution < 1.29 is 25.2 Å². The predicted octanol–water partition coefficient (Wildman–Crippen LogP) is 10.6. The average Bonchev–Trinajstić information content (AvgIpc) is 3.09. The van der Waals surface area contributed by atoms with Crippen molar-refractivity contribution in [1.29, 1.82) is 0 Å². The highest BCUT2D eigenvalue weighted by Gasteiger charge is 2.28. The largest absolute Gasteiger partial charge is 0.394 e. The van der Waals surface area contributed by atoms with Crippen molar-refractivity contribution in [1.82, 2.24) is 5.32 Å². The molecule has 0 saturated carbocycles. The third-order valence-electron chi connectivity index (χ3n) is 9.98. The number of carbonyl (C=O) groups excluding carboxylic acids is 1. The molecule has 0 aliphatic rings. The SMILES string of the molecule is CCCCC/C=C\CCCCCCCCCCCCCCC[C@H](O)[C@H](O)[C@H](CO)NC(=O)[C@H](O)CCCCCCCCCCCCCC. The summed E-state index contributed by atoms with van der Waals surface area (Å²) in [7, 11) is 0. The van der Waals surface area contributed by atoms with E-state index in [0.717, 1.165) is 38.5 Å². The quantitative estimate of drug-likeness (QED) is 0.0329. The van der Waals surface area contributed by atoms with Gasteiger partial charge in [0.2, 0.25) is 5.91 Å². The zero-order chi connectivity index (χ0) is 35.3. The molecule has 0 heterocycles. The summed E-state index contributed by atoms with van der Waals surface area (Å²) < 4.78 is 0. The number of amides is 1. The van der Waals surface area contributed by atoms with Gasteiger partial charge in [-0.15, -0.1) is 0 Å². The Kier molecular flexibility index (Phi) is 36.6. The highest BCUT2D eigenvalue weighted by atomic mass is 16.3. The first kappa shape index (κ1) is 47.0. The predicted molar refractivity (Wildman–Crippen MR) is 205 cm³/mol. The highest BCUT2D eigenvalue weighted by molar-refractivity contribution is 5.80. The first-order valence-corrected chi connectivity index (χ1v) is 21.1. The fourth-order valence-electron chi connectivity index (χ4n) is 6.57. The second-order valence-corrected chi connectivity index (χ2v) is 14.7. The van der Waals surface area contributed by atoms with E-state index in [4.69, 9.17) is 0 Å². The minimum absolute atomic E-state index is 0.373. The maximum absolute atomic E-state index is 12.5. The number of hydrogen-bond acceptors (Lipinski definition) is 5. The van der Waals surface area contributed by atoms with Gasteiger partial charge in [-0.2, -0.15) is 0 Å². The van der Waals surface area contributed by atoms with Crippen molar-refractivity contribution in [2.75, 3.05) is 6.61 Å². The second kappa shape index (κ2) is 37.3. The lowest BCUT2D eigenvalue weighted by Gasteiger charge is -2.27. The molecule has 0 aromatic carbocycles. The van der Waals surface area contributed by atoms with Gasteiger partial charge in [-0.3, -0.25) is 4.79 Å². The van der Waals surface area contributed by atoms with Crippen LogP contribution in [-0.4, -0.2) is 57.3 Å². The molecule has 0 aromatic heterocycles. The van der Waals surface area contributed by atoms with Crippen LogP contribution in [0.1, 0.15) is 219 Å². The van der Waals surface area contributed by atoms with Crippen molar-refractivity contribution in [2.24, 2.45) is 0 Å². The van der Waals surface area contributed by atoms with Crippen molar-refractivity contribution >= 4 is 5.91 Å². The summed E-state index contributed by atoms with van der Waals surface area (Å²) in [6.07, 6.45) is 39.5. The third-order valence-corrected chi connectivity index (χ3v) is 9.98. The van der Waals surface area contributed by atoms with Crippen molar-refractivity contribution in [2.45, 2.75) is 244 Å². The van der Waals surface area contributed by atoms with Gasteiger partial charge in [-0.25, -0.2) is 0 Å². The van der Waals surface area contributed by atoms with Crippen molar-refractivity contribution in [3.8, 4) is 0 Å². The van der Waals surface area contributed by atoms with Gasteiger partial charge in [0.1, 0.15) is 12.2 Å². The summed E-state index contributed by atoms with van der Waals surface area (Å²) in [6, 6.07) is -0.980. The number of unbranched alkanes of at least 4 members (excludes halogenated alkanes) is 27. The van der Waals surface area contributed by atoms with Crippen molar-refractivity contribution in [3.63, 3.8) is 0 Å². The first-order chi connectivity index (χ1) is 23.5. The molecule has 0 spiro atoms. The van der Waals surface area contributed by atoms with Gasteiger partial charge >= 0.3 is 0 Å². The van der Waals surface area contributed by atoms with E-state index in [0.29, 0.717) is 12.8 Å². The molecule has 0 saturated heterocycles. The molecule has 0 aliphatic carbocycles. The van der Waals surface area contributed by atoms with E-state index in [1.165, 1.54) is 154 Å². The number of aliphatic hydroxyl groups excluding tert-OH is 4. The fraction of sp³-hybridized carbons (Fsp3) is 0.929. The van der Waals surface area contributed by atoms with E-state index in [2.05, 4.69) is 31.3 Å². The molecule has 6 nitrogen and oxygen atoms in total. The highest BCUT2D eigenvalue weighted by Crippen LogP contribution is 2.16. The Balaban J connectivity index is 3.71. The number of nitrogens with one attached hydrogen (secondary N) is 1. The zero-order valence-corrected chi connectivity index (χ0v) is 32.0. The Bertz CT molecular complexity index is 687. The molecule has 0 fully saturated rings. The van der Waals surface area contributed by atoms with Gasteiger partial charge in [0.05, 0.1) is 18.8 Å². The Hall–Kier alpha value is -0.950. The molecule has 0 unspecified atom stereocenters. The maximum atomic E-state index is 12.5. The normalized spacial score (nSPS) is 14.4. The van der Waals surface area contributed by atoms with Crippen LogP contribution in [0.5, 0.6) is 0 Å². The first-order valence-electron chi connectivity index (χ1n) is 21.1. The van der Waals surface area contributed by atoms with Gasteiger partial charge in [0.25, 0.3) is 0 Å². The standard InChI is InChI=1S/C42H83NO5/c1-3-5-7-9-11-13-15-17-18-19-20-21-22-23-24-26-27-29-31-33-35-39(45)41(47)38(37-44)43-42(48)40(46)36-34-32-30-28-25-16-14-12-10-8-6-4-2/h11,13,38-41,44-47H,3-10,12,14-37H2,1-2H3,(H,43,48)/b13-11-/t38-,39-,40+,41+/m0/s1. The number of allylic oxidation sites excluding steroid dienone is 2. The van der Waals surface area contributed by atoms with E-state index in [9.17, 15) is 25.2 Å². The Morgan fingerprint density at radius 2 is 0.833 bits per heavy atom. The van der Waals surface area contributed by atoms with Gasteiger partial charge in [0, 0.05) is 0 Å². The molecule has 0 bridgehead atoms. The molecule has 4 atom stereocenters. The van der Waals surface area contributed by atoms with Crippen LogP contribution in [0.25, 0.3) is 0 Å². The third kappa shape index (κ3) is 31.1. The van der Waals surface area contributed by atoms with E-state index < -0.39 is 36.9 Å². The molecule has 286 valence electrons. The number of aliphatic hydroxyl groups is 4. The lowest BCUT2D eigenvalue weighted by molar-refractivity contribution is -0.132. The van der Waals surface area contributed by atoms with Crippen LogP contribution in [0.15, 0.2) is 12.2 Å². The van der Waals surface area contributed by atoms with E-state index in [-0.39, 0.29) is 0 Å². The summed E-state index contributed by atoms with van der Waals surface area (Å²) in [5.74, 6) is -0.583. The van der Waals surface area contributed by atoms with Crippen LogP contribution in [-0.2, 0) is 4.79 Å².